The van der Waals surface area contributed by atoms with E-state index < -0.39 is 6.10 Å². The van der Waals surface area contributed by atoms with Crippen LogP contribution in [0, 0.1) is 0 Å². The lowest BCUT2D eigenvalue weighted by molar-refractivity contribution is -0.122. The highest BCUT2D eigenvalue weighted by molar-refractivity contribution is 6.07. The van der Waals surface area contributed by atoms with Gasteiger partial charge < -0.3 is 20.1 Å². The van der Waals surface area contributed by atoms with Crippen molar-refractivity contribution in [1.82, 2.24) is 0 Å². The van der Waals surface area contributed by atoms with Crippen LogP contribution < -0.4 is 20.1 Å². The van der Waals surface area contributed by atoms with E-state index >= 15 is 0 Å². The standard InChI is InChI=1S/C18H18N2O4/c1-3-23-15-7-5-4-6-13(15)19-18(22)12-8-9-16-14(10-12)20-17(21)11(2)24-16/h4-11H,3H2,1-2H3,(H,19,22)(H,20,21). The monoisotopic (exact) mass is 326 g/mol. The van der Waals surface area contributed by atoms with Crippen molar-refractivity contribution in [2.75, 3.05) is 17.2 Å². The molecule has 0 saturated carbocycles. The van der Waals surface area contributed by atoms with Gasteiger partial charge in [-0.05, 0) is 44.2 Å². The van der Waals surface area contributed by atoms with Crippen LogP contribution in [0.4, 0.5) is 11.4 Å². The molecule has 2 aromatic rings. The molecule has 3 rings (SSSR count). The summed E-state index contributed by atoms with van der Waals surface area (Å²) in [5, 5.41) is 5.55. The van der Waals surface area contributed by atoms with Crippen molar-refractivity contribution in [3.63, 3.8) is 0 Å². The predicted octanol–water partition coefficient (Wildman–Crippen LogP) is 3.06. The van der Waals surface area contributed by atoms with Gasteiger partial charge in [-0.1, -0.05) is 12.1 Å². The normalized spacial score (nSPS) is 15.8. The molecule has 2 N–H and O–H groups in total. The number of ether oxygens (including phenoxy) is 2. The van der Waals surface area contributed by atoms with E-state index in [9.17, 15) is 9.59 Å². The lowest BCUT2D eigenvalue weighted by Crippen LogP contribution is -2.34. The van der Waals surface area contributed by atoms with Gasteiger partial charge in [0.05, 0.1) is 18.0 Å². The highest BCUT2D eigenvalue weighted by Gasteiger charge is 2.24. The van der Waals surface area contributed by atoms with Gasteiger partial charge in [-0.25, -0.2) is 0 Å². The zero-order valence-electron chi connectivity index (χ0n) is 13.5. The van der Waals surface area contributed by atoms with E-state index in [1.807, 2.05) is 19.1 Å². The van der Waals surface area contributed by atoms with Crippen LogP contribution in [0.5, 0.6) is 11.5 Å². The summed E-state index contributed by atoms with van der Waals surface area (Å²) in [6.45, 7) is 4.06. The summed E-state index contributed by atoms with van der Waals surface area (Å²) in [5.74, 6) is 0.629. The van der Waals surface area contributed by atoms with Crippen LogP contribution in [0.15, 0.2) is 42.5 Å². The lowest BCUT2D eigenvalue weighted by atomic mass is 10.1. The fraction of sp³-hybridized carbons (Fsp3) is 0.222. The van der Waals surface area contributed by atoms with Crippen LogP contribution in [0.1, 0.15) is 24.2 Å². The smallest absolute Gasteiger partial charge is 0.265 e. The number of carbonyl (C=O) groups excluding carboxylic acids is 2. The van der Waals surface area contributed by atoms with E-state index in [-0.39, 0.29) is 11.8 Å². The summed E-state index contributed by atoms with van der Waals surface area (Å²) >= 11 is 0. The zero-order chi connectivity index (χ0) is 17.1. The quantitative estimate of drug-likeness (QED) is 0.905. The molecule has 1 atom stereocenters. The molecule has 0 aromatic heterocycles. The third kappa shape index (κ3) is 3.17. The molecule has 2 aromatic carbocycles. The molecule has 0 radical (unpaired) electrons. The van der Waals surface area contributed by atoms with Gasteiger partial charge in [-0.2, -0.15) is 0 Å². The Morgan fingerprint density at radius 2 is 2.08 bits per heavy atom. The van der Waals surface area contributed by atoms with Gasteiger partial charge in [-0.3, -0.25) is 9.59 Å². The number of amides is 2. The summed E-state index contributed by atoms with van der Waals surface area (Å²) < 4.78 is 11.0. The molecule has 6 nitrogen and oxygen atoms in total. The first-order valence-electron chi connectivity index (χ1n) is 7.73. The third-order valence-corrected chi connectivity index (χ3v) is 3.61. The Hall–Kier alpha value is -3.02. The van der Waals surface area contributed by atoms with Crippen molar-refractivity contribution in [3.8, 4) is 11.5 Å². The summed E-state index contributed by atoms with van der Waals surface area (Å²) in [6.07, 6.45) is -0.546. The molecule has 1 aliphatic rings. The molecule has 1 heterocycles. The molecule has 2 amide bonds. The van der Waals surface area contributed by atoms with Crippen molar-refractivity contribution in [3.05, 3.63) is 48.0 Å². The minimum atomic E-state index is -0.546. The molecule has 1 aliphatic heterocycles. The average Bonchev–Trinajstić information content (AvgIpc) is 2.57. The Balaban J connectivity index is 1.82. The van der Waals surface area contributed by atoms with E-state index in [0.29, 0.717) is 35.0 Å². The molecule has 24 heavy (non-hydrogen) atoms. The van der Waals surface area contributed by atoms with Crippen molar-refractivity contribution in [2.24, 2.45) is 0 Å². The van der Waals surface area contributed by atoms with E-state index in [4.69, 9.17) is 9.47 Å². The largest absolute Gasteiger partial charge is 0.492 e. The SMILES string of the molecule is CCOc1ccccc1NC(=O)c1ccc2c(c1)NC(=O)C(C)O2. The van der Waals surface area contributed by atoms with Crippen molar-refractivity contribution < 1.29 is 19.1 Å². The second-order valence-electron chi connectivity index (χ2n) is 5.34. The number of fused-ring (bicyclic) bond motifs is 1. The number of carbonyl (C=O) groups is 2. The van der Waals surface area contributed by atoms with Crippen molar-refractivity contribution in [1.29, 1.82) is 0 Å². The summed E-state index contributed by atoms with van der Waals surface area (Å²) in [5.41, 5.74) is 1.50. The maximum atomic E-state index is 12.5. The maximum Gasteiger partial charge on any atom is 0.265 e. The molecule has 124 valence electrons. The topological polar surface area (TPSA) is 76.7 Å². The van der Waals surface area contributed by atoms with Crippen LogP contribution in [0.2, 0.25) is 0 Å². The molecule has 0 fully saturated rings. The first-order valence-corrected chi connectivity index (χ1v) is 7.73. The fourth-order valence-electron chi connectivity index (χ4n) is 2.40. The van der Waals surface area contributed by atoms with Gasteiger partial charge in [0.25, 0.3) is 11.8 Å². The number of rotatable bonds is 4. The van der Waals surface area contributed by atoms with Gasteiger partial charge in [0.1, 0.15) is 11.5 Å². The Kier molecular flexibility index (Phi) is 4.37. The number of para-hydroxylation sites is 2. The molecular weight excluding hydrogens is 308 g/mol. The molecular formula is C18H18N2O4. The Labute approximate surface area is 139 Å². The predicted molar refractivity (Wildman–Crippen MR) is 90.7 cm³/mol. The first kappa shape index (κ1) is 15.9. The zero-order valence-corrected chi connectivity index (χ0v) is 13.5. The molecule has 0 saturated heterocycles. The van der Waals surface area contributed by atoms with Crippen LogP contribution in [-0.2, 0) is 4.79 Å². The maximum absolute atomic E-state index is 12.5. The second-order valence-corrected chi connectivity index (χ2v) is 5.34. The van der Waals surface area contributed by atoms with Crippen LogP contribution in [0.25, 0.3) is 0 Å². The van der Waals surface area contributed by atoms with E-state index in [1.54, 1.807) is 37.3 Å². The summed E-state index contributed by atoms with van der Waals surface area (Å²) in [6, 6.07) is 12.2. The van der Waals surface area contributed by atoms with Crippen molar-refractivity contribution >= 4 is 23.2 Å². The fourth-order valence-corrected chi connectivity index (χ4v) is 2.40. The van der Waals surface area contributed by atoms with E-state index in [2.05, 4.69) is 10.6 Å². The van der Waals surface area contributed by atoms with Crippen molar-refractivity contribution in [2.45, 2.75) is 20.0 Å². The van der Waals surface area contributed by atoms with E-state index in [0.717, 1.165) is 0 Å². The molecule has 0 spiro atoms. The van der Waals surface area contributed by atoms with Crippen LogP contribution >= 0.6 is 0 Å². The van der Waals surface area contributed by atoms with E-state index in [1.165, 1.54) is 0 Å². The van der Waals surface area contributed by atoms with Gasteiger partial charge >= 0.3 is 0 Å². The minimum Gasteiger partial charge on any atom is -0.492 e. The lowest BCUT2D eigenvalue weighted by Gasteiger charge is -2.23. The number of hydrogen-bond acceptors (Lipinski definition) is 4. The van der Waals surface area contributed by atoms with Gasteiger partial charge in [0, 0.05) is 5.56 Å². The van der Waals surface area contributed by atoms with Crippen LogP contribution in [0.3, 0.4) is 0 Å². The van der Waals surface area contributed by atoms with Gasteiger partial charge in [0.15, 0.2) is 6.10 Å². The number of anilines is 2. The summed E-state index contributed by atoms with van der Waals surface area (Å²) in [7, 11) is 0. The minimum absolute atomic E-state index is 0.234. The average molecular weight is 326 g/mol. The highest BCUT2D eigenvalue weighted by Crippen LogP contribution is 2.31. The molecule has 6 heteroatoms. The number of benzene rings is 2. The van der Waals surface area contributed by atoms with Gasteiger partial charge in [-0.15, -0.1) is 0 Å². The third-order valence-electron chi connectivity index (χ3n) is 3.61. The number of hydrogen-bond donors (Lipinski definition) is 2. The Morgan fingerprint density at radius 1 is 1.29 bits per heavy atom. The Bertz CT molecular complexity index is 788. The Morgan fingerprint density at radius 3 is 2.88 bits per heavy atom. The summed E-state index contributed by atoms with van der Waals surface area (Å²) in [4.78, 5) is 24.2. The highest BCUT2D eigenvalue weighted by atomic mass is 16.5. The van der Waals surface area contributed by atoms with Crippen LogP contribution in [-0.4, -0.2) is 24.5 Å². The molecule has 0 bridgehead atoms. The first-order chi connectivity index (χ1) is 11.6. The second kappa shape index (κ2) is 6.62. The molecule has 0 aliphatic carbocycles. The van der Waals surface area contributed by atoms with Gasteiger partial charge in [0.2, 0.25) is 0 Å². The molecule has 1 unspecified atom stereocenters. The number of nitrogens with one attached hydrogen (secondary N) is 2.